The van der Waals surface area contributed by atoms with Crippen molar-refractivity contribution in [1.82, 2.24) is 10.5 Å². The topological polar surface area (TPSA) is 55.1 Å². The van der Waals surface area contributed by atoms with Crippen molar-refractivity contribution in [2.75, 3.05) is 5.75 Å². The zero-order valence-electron chi connectivity index (χ0n) is 12.7. The average molecular weight is 339 g/mol. The van der Waals surface area contributed by atoms with Gasteiger partial charge in [-0.1, -0.05) is 29.7 Å². The summed E-state index contributed by atoms with van der Waals surface area (Å²) in [6.45, 7) is 4.37. The van der Waals surface area contributed by atoms with Gasteiger partial charge in [-0.25, -0.2) is 0 Å². The highest BCUT2D eigenvalue weighted by atomic mass is 35.5. The van der Waals surface area contributed by atoms with Crippen LogP contribution < -0.4 is 5.32 Å². The first-order valence-electron chi connectivity index (χ1n) is 7.19. The monoisotopic (exact) mass is 338 g/mol. The molecule has 2 rings (SSSR count). The van der Waals surface area contributed by atoms with Gasteiger partial charge in [-0.05, 0) is 25.1 Å². The molecule has 118 valence electrons. The number of carbonyl (C=O) groups excluding carboxylic acids is 1. The third-order valence-corrected chi connectivity index (χ3v) is 4.47. The number of benzene rings is 1. The number of aryl methyl sites for hydroxylation is 2. The highest BCUT2D eigenvalue weighted by molar-refractivity contribution is 7.99. The molecular formula is C16H19ClN2O2S. The van der Waals surface area contributed by atoms with Crippen molar-refractivity contribution in [1.29, 1.82) is 0 Å². The third kappa shape index (κ3) is 4.78. The van der Waals surface area contributed by atoms with Crippen LogP contribution in [0, 0.1) is 6.92 Å². The first-order valence-corrected chi connectivity index (χ1v) is 8.55. The lowest BCUT2D eigenvalue weighted by molar-refractivity contribution is -0.120. The molecule has 0 aliphatic heterocycles. The predicted octanol–water partition coefficient (Wildman–Crippen LogP) is 4.00. The molecule has 0 fully saturated rings. The standard InChI is InChI=1S/C16H19ClN2O2S/c1-3-15-14(11(2)19-21-15)10-18-16(20)7-8-22-13-6-4-5-12(17)9-13/h4-6,9H,3,7-8,10H2,1-2H3,(H,18,20). The van der Waals surface area contributed by atoms with Crippen LogP contribution in [0.2, 0.25) is 5.02 Å². The number of aromatic nitrogens is 1. The van der Waals surface area contributed by atoms with Crippen molar-refractivity contribution in [2.24, 2.45) is 0 Å². The van der Waals surface area contributed by atoms with Gasteiger partial charge in [0.15, 0.2) is 0 Å². The van der Waals surface area contributed by atoms with E-state index in [2.05, 4.69) is 10.5 Å². The van der Waals surface area contributed by atoms with Gasteiger partial charge in [-0.3, -0.25) is 4.79 Å². The van der Waals surface area contributed by atoms with Gasteiger partial charge >= 0.3 is 0 Å². The molecule has 1 heterocycles. The second-order valence-corrected chi connectivity index (χ2v) is 6.46. The van der Waals surface area contributed by atoms with Gasteiger partial charge in [0.1, 0.15) is 5.76 Å². The Balaban J connectivity index is 1.75. The quantitative estimate of drug-likeness (QED) is 0.775. The summed E-state index contributed by atoms with van der Waals surface area (Å²) in [6.07, 6.45) is 1.24. The molecule has 0 aliphatic carbocycles. The normalized spacial score (nSPS) is 10.7. The van der Waals surface area contributed by atoms with Crippen LogP contribution in [0.5, 0.6) is 0 Å². The highest BCUT2D eigenvalue weighted by Gasteiger charge is 2.12. The Morgan fingerprint density at radius 3 is 3.00 bits per heavy atom. The van der Waals surface area contributed by atoms with Crippen LogP contribution >= 0.6 is 23.4 Å². The van der Waals surface area contributed by atoms with E-state index in [1.165, 1.54) is 0 Å². The van der Waals surface area contributed by atoms with Gasteiger partial charge in [-0.15, -0.1) is 11.8 Å². The van der Waals surface area contributed by atoms with E-state index in [0.717, 1.165) is 34.1 Å². The minimum absolute atomic E-state index is 0.0252. The van der Waals surface area contributed by atoms with E-state index in [4.69, 9.17) is 16.1 Å². The summed E-state index contributed by atoms with van der Waals surface area (Å²) in [5.74, 6) is 1.58. The summed E-state index contributed by atoms with van der Waals surface area (Å²) in [7, 11) is 0. The number of nitrogens with one attached hydrogen (secondary N) is 1. The summed E-state index contributed by atoms with van der Waals surface area (Å²) in [5, 5.41) is 7.56. The number of nitrogens with zero attached hydrogens (tertiary/aromatic N) is 1. The number of carbonyl (C=O) groups is 1. The van der Waals surface area contributed by atoms with Crippen LogP contribution in [-0.4, -0.2) is 16.8 Å². The SMILES string of the molecule is CCc1onc(C)c1CNC(=O)CCSc1cccc(Cl)c1. The van der Waals surface area contributed by atoms with Crippen molar-refractivity contribution in [3.05, 3.63) is 46.3 Å². The van der Waals surface area contributed by atoms with E-state index in [-0.39, 0.29) is 5.91 Å². The molecule has 4 nitrogen and oxygen atoms in total. The maximum atomic E-state index is 11.9. The van der Waals surface area contributed by atoms with Gasteiger partial charge in [0, 0.05) is 40.6 Å². The van der Waals surface area contributed by atoms with Crippen molar-refractivity contribution in [3.8, 4) is 0 Å². The molecule has 1 aromatic carbocycles. The number of hydrogen-bond donors (Lipinski definition) is 1. The van der Waals surface area contributed by atoms with E-state index in [1.807, 2.05) is 38.1 Å². The lowest BCUT2D eigenvalue weighted by Crippen LogP contribution is -2.23. The number of halogens is 1. The Morgan fingerprint density at radius 1 is 1.45 bits per heavy atom. The van der Waals surface area contributed by atoms with E-state index in [1.54, 1.807) is 11.8 Å². The lowest BCUT2D eigenvalue weighted by atomic mass is 10.1. The van der Waals surface area contributed by atoms with Crippen LogP contribution in [0.1, 0.15) is 30.4 Å². The van der Waals surface area contributed by atoms with Gasteiger partial charge in [0.05, 0.1) is 5.69 Å². The molecule has 0 saturated carbocycles. The van der Waals surface area contributed by atoms with E-state index >= 15 is 0 Å². The van der Waals surface area contributed by atoms with Gasteiger partial charge in [0.2, 0.25) is 5.91 Å². The molecule has 0 atom stereocenters. The molecule has 6 heteroatoms. The molecule has 1 amide bonds. The summed E-state index contributed by atoms with van der Waals surface area (Å²) in [4.78, 5) is 13.0. The van der Waals surface area contributed by atoms with E-state index in [0.29, 0.717) is 18.0 Å². The van der Waals surface area contributed by atoms with Crippen LogP contribution in [0.4, 0.5) is 0 Å². The Morgan fingerprint density at radius 2 is 2.27 bits per heavy atom. The Bertz CT molecular complexity index is 643. The molecule has 0 aliphatic rings. The molecule has 0 spiro atoms. The summed E-state index contributed by atoms with van der Waals surface area (Å²) >= 11 is 7.55. The summed E-state index contributed by atoms with van der Waals surface area (Å²) in [6, 6.07) is 7.64. The molecule has 2 aromatic rings. The number of thioether (sulfide) groups is 1. The first-order chi connectivity index (χ1) is 10.6. The minimum atomic E-state index is 0.0252. The zero-order valence-corrected chi connectivity index (χ0v) is 14.3. The number of amides is 1. The molecule has 1 aromatic heterocycles. The highest BCUT2D eigenvalue weighted by Crippen LogP contribution is 2.22. The van der Waals surface area contributed by atoms with Gasteiger partial charge in [-0.2, -0.15) is 0 Å². The second-order valence-electron chi connectivity index (χ2n) is 4.86. The molecule has 0 radical (unpaired) electrons. The fraction of sp³-hybridized carbons (Fsp3) is 0.375. The molecule has 1 N–H and O–H groups in total. The smallest absolute Gasteiger partial charge is 0.221 e. The summed E-state index contributed by atoms with van der Waals surface area (Å²) < 4.78 is 5.21. The van der Waals surface area contributed by atoms with Crippen LogP contribution in [0.25, 0.3) is 0 Å². The van der Waals surface area contributed by atoms with Gasteiger partial charge < -0.3 is 9.84 Å². The molecular weight excluding hydrogens is 320 g/mol. The molecule has 0 bridgehead atoms. The molecule has 0 saturated heterocycles. The summed E-state index contributed by atoms with van der Waals surface area (Å²) in [5.41, 5.74) is 1.82. The fourth-order valence-electron chi connectivity index (χ4n) is 2.03. The molecule has 0 unspecified atom stereocenters. The predicted molar refractivity (Wildman–Crippen MR) is 89.3 cm³/mol. The van der Waals surface area contributed by atoms with E-state index in [9.17, 15) is 4.79 Å². The van der Waals surface area contributed by atoms with Crippen LogP contribution in [0.15, 0.2) is 33.7 Å². The largest absolute Gasteiger partial charge is 0.361 e. The van der Waals surface area contributed by atoms with Crippen molar-refractivity contribution >= 4 is 29.3 Å². The average Bonchev–Trinajstić information content (AvgIpc) is 2.85. The minimum Gasteiger partial charge on any atom is -0.361 e. The lowest BCUT2D eigenvalue weighted by Gasteiger charge is -2.06. The van der Waals surface area contributed by atoms with Crippen molar-refractivity contribution in [3.63, 3.8) is 0 Å². The maximum absolute atomic E-state index is 11.9. The Kier molecular flexibility index (Phi) is 6.34. The van der Waals surface area contributed by atoms with E-state index < -0.39 is 0 Å². The zero-order chi connectivity index (χ0) is 15.9. The number of hydrogen-bond acceptors (Lipinski definition) is 4. The van der Waals surface area contributed by atoms with Gasteiger partial charge in [0.25, 0.3) is 0 Å². The van der Waals surface area contributed by atoms with Crippen LogP contribution in [-0.2, 0) is 17.8 Å². The maximum Gasteiger partial charge on any atom is 0.221 e. The third-order valence-electron chi connectivity index (χ3n) is 3.24. The fourth-order valence-corrected chi connectivity index (χ4v) is 3.20. The first kappa shape index (κ1) is 16.9. The van der Waals surface area contributed by atoms with Crippen LogP contribution in [0.3, 0.4) is 0 Å². The number of rotatable bonds is 7. The van der Waals surface area contributed by atoms with Crippen molar-refractivity contribution < 1.29 is 9.32 Å². The Labute approximate surface area is 139 Å². The Hall–Kier alpha value is -1.46. The second kappa shape index (κ2) is 8.25. The molecule has 22 heavy (non-hydrogen) atoms. The van der Waals surface area contributed by atoms with Crippen molar-refractivity contribution in [2.45, 2.75) is 38.1 Å².